The maximum absolute atomic E-state index is 5.95. The molecule has 0 aliphatic heterocycles. The molecule has 5 nitrogen and oxygen atoms in total. The number of aromatic nitrogens is 4. The smallest absolute Gasteiger partial charge is 0.250 e. The van der Waals surface area contributed by atoms with Gasteiger partial charge in [-0.1, -0.05) is 20.8 Å². The van der Waals surface area contributed by atoms with Crippen LogP contribution in [-0.4, -0.2) is 25.8 Å². The third-order valence-corrected chi connectivity index (χ3v) is 3.46. The normalized spacial score (nSPS) is 12.6. The van der Waals surface area contributed by atoms with Crippen LogP contribution in [0.15, 0.2) is 18.5 Å². The minimum Gasteiger partial charge on any atom is -0.327 e. The number of nitrogens with zero attached hydrogens (tertiary/aromatic N) is 4. The van der Waals surface area contributed by atoms with E-state index in [0.717, 1.165) is 42.6 Å². The summed E-state index contributed by atoms with van der Waals surface area (Å²) in [7, 11) is 0. The summed E-state index contributed by atoms with van der Waals surface area (Å²) in [5.41, 5.74) is 9.23. The van der Waals surface area contributed by atoms with E-state index in [1.54, 1.807) is 0 Å². The largest absolute Gasteiger partial charge is 0.327 e. The number of hydrogen-bond donors (Lipinski definition) is 1. The van der Waals surface area contributed by atoms with Crippen LogP contribution in [0.4, 0.5) is 0 Å². The van der Waals surface area contributed by atoms with Crippen LogP contribution in [0, 0.1) is 0 Å². The van der Waals surface area contributed by atoms with Crippen molar-refractivity contribution in [2.24, 2.45) is 5.73 Å². The van der Waals surface area contributed by atoms with Crippen molar-refractivity contribution in [1.82, 2.24) is 19.7 Å². The summed E-state index contributed by atoms with van der Waals surface area (Å²) in [6, 6.07) is 2.29. The summed E-state index contributed by atoms with van der Waals surface area (Å²) in [6.45, 7) is 6.30. The van der Waals surface area contributed by atoms with Gasteiger partial charge in [0, 0.05) is 24.1 Å². The van der Waals surface area contributed by atoms with E-state index >= 15 is 0 Å². The fourth-order valence-corrected chi connectivity index (χ4v) is 2.08. The molecule has 2 rings (SSSR count). The molecule has 0 aliphatic carbocycles. The highest BCUT2D eigenvalue weighted by atomic mass is 15.4. The van der Waals surface area contributed by atoms with Crippen LogP contribution in [0.3, 0.4) is 0 Å². The highest BCUT2D eigenvalue weighted by Gasteiger charge is 2.10. The maximum Gasteiger partial charge on any atom is 0.250 e. The summed E-state index contributed by atoms with van der Waals surface area (Å²) in [6.07, 6.45) is 7.31. The van der Waals surface area contributed by atoms with Gasteiger partial charge < -0.3 is 5.73 Å². The van der Waals surface area contributed by atoms with Crippen LogP contribution in [0.1, 0.15) is 44.1 Å². The predicted molar refractivity (Wildman–Crippen MR) is 79.9 cm³/mol. The Morgan fingerprint density at radius 1 is 1.15 bits per heavy atom. The molecule has 1 atom stereocenters. The third kappa shape index (κ3) is 3.22. The van der Waals surface area contributed by atoms with Gasteiger partial charge in [-0.25, -0.2) is 14.6 Å². The predicted octanol–water partition coefficient (Wildman–Crippen LogP) is 2.07. The molecule has 0 amide bonds. The summed E-state index contributed by atoms with van der Waals surface area (Å²) in [5, 5.41) is 4.54. The first-order valence-corrected chi connectivity index (χ1v) is 7.32. The summed E-state index contributed by atoms with van der Waals surface area (Å²) in [5.74, 6) is 0.635. The van der Waals surface area contributed by atoms with Gasteiger partial charge in [-0.3, -0.25) is 0 Å². The lowest BCUT2D eigenvalue weighted by Gasteiger charge is -2.08. The van der Waals surface area contributed by atoms with Crippen molar-refractivity contribution in [3.63, 3.8) is 0 Å². The Kier molecular flexibility index (Phi) is 4.84. The monoisotopic (exact) mass is 273 g/mol. The van der Waals surface area contributed by atoms with Crippen molar-refractivity contribution < 1.29 is 0 Å². The zero-order valence-corrected chi connectivity index (χ0v) is 12.5. The van der Waals surface area contributed by atoms with Crippen LogP contribution < -0.4 is 5.73 Å². The second kappa shape index (κ2) is 6.61. The van der Waals surface area contributed by atoms with Crippen LogP contribution in [0.2, 0.25) is 0 Å². The van der Waals surface area contributed by atoms with Crippen LogP contribution in [0.25, 0.3) is 5.95 Å². The Bertz CT molecular complexity index is 544. The Morgan fingerprint density at radius 3 is 2.40 bits per heavy atom. The van der Waals surface area contributed by atoms with Gasteiger partial charge in [-0.15, -0.1) is 0 Å². The topological polar surface area (TPSA) is 69.6 Å². The van der Waals surface area contributed by atoms with Gasteiger partial charge in [0.15, 0.2) is 0 Å². The van der Waals surface area contributed by atoms with Crippen LogP contribution in [-0.2, 0) is 19.3 Å². The molecule has 0 aromatic carbocycles. The van der Waals surface area contributed by atoms with Gasteiger partial charge in [0.2, 0.25) is 0 Å². The van der Waals surface area contributed by atoms with E-state index in [2.05, 4.69) is 41.9 Å². The summed E-state index contributed by atoms with van der Waals surface area (Å²) < 4.78 is 1.84. The van der Waals surface area contributed by atoms with Gasteiger partial charge in [-0.2, -0.15) is 5.10 Å². The molecule has 0 saturated carbocycles. The van der Waals surface area contributed by atoms with Gasteiger partial charge in [0.25, 0.3) is 5.95 Å². The average molecular weight is 273 g/mol. The summed E-state index contributed by atoms with van der Waals surface area (Å²) >= 11 is 0. The van der Waals surface area contributed by atoms with Gasteiger partial charge in [-0.05, 0) is 37.3 Å². The molecule has 0 aliphatic rings. The molecular formula is C15H23N5. The van der Waals surface area contributed by atoms with Crippen molar-refractivity contribution in [3.8, 4) is 5.95 Å². The van der Waals surface area contributed by atoms with Crippen molar-refractivity contribution >= 4 is 0 Å². The first-order chi connectivity index (χ1) is 9.67. The molecule has 0 spiro atoms. The quantitative estimate of drug-likeness (QED) is 0.874. The number of hydrogen-bond acceptors (Lipinski definition) is 4. The number of nitrogens with two attached hydrogens (primary N) is 1. The second-order valence-corrected chi connectivity index (χ2v) is 5.01. The van der Waals surface area contributed by atoms with Gasteiger partial charge >= 0.3 is 0 Å². The zero-order valence-electron chi connectivity index (χ0n) is 12.5. The Labute approximate surface area is 120 Å². The first-order valence-electron chi connectivity index (χ1n) is 7.32. The van der Waals surface area contributed by atoms with Crippen molar-refractivity contribution in [3.05, 3.63) is 35.4 Å². The minimum absolute atomic E-state index is 0.173. The Morgan fingerprint density at radius 2 is 1.85 bits per heavy atom. The SMILES string of the molecule is CCc1cc(CC)n(-c2ncc(CC(N)CC)cn2)n1. The zero-order chi connectivity index (χ0) is 14.5. The van der Waals surface area contributed by atoms with Crippen molar-refractivity contribution in [2.45, 2.75) is 52.5 Å². The molecule has 1 unspecified atom stereocenters. The Hall–Kier alpha value is -1.75. The maximum atomic E-state index is 5.95. The molecule has 108 valence electrons. The lowest BCUT2D eigenvalue weighted by Crippen LogP contribution is -2.21. The molecule has 2 aromatic heterocycles. The van der Waals surface area contributed by atoms with E-state index in [1.807, 2.05) is 17.1 Å². The Balaban J connectivity index is 2.23. The molecule has 0 radical (unpaired) electrons. The standard InChI is InChI=1S/C15H23N5/c1-4-12(16)7-11-9-17-15(18-10-11)20-14(6-3)8-13(5-2)19-20/h8-10,12H,4-7,16H2,1-3H3. The third-order valence-electron chi connectivity index (χ3n) is 3.46. The van der Waals surface area contributed by atoms with E-state index in [9.17, 15) is 0 Å². The molecule has 5 heteroatoms. The molecule has 0 saturated heterocycles. The molecular weight excluding hydrogens is 250 g/mol. The molecule has 20 heavy (non-hydrogen) atoms. The van der Waals surface area contributed by atoms with Crippen LogP contribution in [0.5, 0.6) is 0 Å². The lowest BCUT2D eigenvalue weighted by atomic mass is 10.1. The van der Waals surface area contributed by atoms with E-state index in [-0.39, 0.29) is 6.04 Å². The van der Waals surface area contributed by atoms with E-state index < -0.39 is 0 Å². The van der Waals surface area contributed by atoms with Crippen molar-refractivity contribution in [2.75, 3.05) is 0 Å². The summed E-state index contributed by atoms with van der Waals surface area (Å²) in [4.78, 5) is 8.85. The fraction of sp³-hybridized carbons (Fsp3) is 0.533. The first kappa shape index (κ1) is 14.7. The van der Waals surface area contributed by atoms with E-state index in [1.165, 1.54) is 0 Å². The number of rotatable bonds is 6. The van der Waals surface area contributed by atoms with Gasteiger partial charge in [0.05, 0.1) is 5.69 Å². The lowest BCUT2D eigenvalue weighted by molar-refractivity contribution is 0.641. The van der Waals surface area contributed by atoms with Gasteiger partial charge in [0.1, 0.15) is 0 Å². The van der Waals surface area contributed by atoms with Crippen LogP contribution >= 0.6 is 0 Å². The fourth-order valence-electron chi connectivity index (χ4n) is 2.08. The average Bonchev–Trinajstić information content (AvgIpc) is 2.91. The second-order valence-electron chi connectivity index (χ2n) is 5.01. The van der Waals surface area contributed by atoms with E-state index in [0.29, 0.717) is 5.95 Å². The minimum atomic E-state index is 0.173. The molecule has 2 aromatic rings. The molecule has 0 fully saturated rings. The van der Waals surface area contributed by atoms with E-state index in [4.69, 9.17) is 5.73 Å². The number of aryl methyl sites for hydroxylation is 2. The highest BCUT2D eigenvalue weighted by Crippen LogP contribution is 2.11. The molecule has 2 heterocycles. The highest BCUT2D eigenvalue weighted by molar-refractivity contribution is 5.21. The molecule has 0 bridgehead atoms. The molecule has 2 N–H and O–H groups in total. The van der Waals surface area contributed by atoms with Crippen molar-refractivity contribution in [1.29, 1.82) is 0 Å².